The van der Waals surface area contributed by atoms with Gasteiger partial charge in [-0.1, -0.05) is 11.6 Å². The van der Waals surface area contributed by atoms with Crippen molar-refractivity contribution in [3.8, 4) is 0 Å². The second-order valence-electron chi connectivity index (χ2n) is 8.40. The summed E-state index contributed by atoms with van der Waals surface area (Å²) in [5.41, 5.74) is 6.34. The minimum atomic E-state index is 0.568. The van der Waals surface area contributed by atoms with Gasteiger partial charge < -0.3 is 24.5 Å². The Morgan fingerprint density at radius 3 is 2.84 bits per heavy atom. The van der Waals surface area contributed by atoms with E-state index < -0.39 is 0 Å². The molecule has 0 radical (unpaired) electrons. The van der Waals surface area contributed by atoms with E-state index in [1.54, 1.807) is 0 Å². The number of imidazole rings is 2. The first-order valence-corrected chi connectivity index (χ1v) is 11.3. The van der Waals surface area contributed by atoms with Crippen LogP contribution in [0.25, 0.3) is 22.1 Å². The van der Waals surface area contributed by atoms with Gasteiger partial charge in [0.2, 0.25) is 0 Å². The first kappa shape index (κ1) is 19.0. The van der Waals surface area contributed by atoms with Crippen LogP contribution >= 0.6 is 11.6 Å². The predicted octanol–water partition coefficient (Wildman–Crippen LogP) is 4.74. The van der Waals surface area contributed by atoms with E-state index in [9.17, 15) is 0 Å². The zero-order valence-corrected chi connectivity index (χ0v) is 18.0. The van der Waals surface area contributed by atoms with Crippen molar-refractivity contribution < 1.29 is 4.74 Å². The highest BCUT2D eigenvalue weighted by atomic mass is 35.5. The third kappa shape index (κ3) is 3.51. The number of halogens is 1. The van der Waals surface area contributed by atoms with Gasteiger partial charge in [0.25, 0.3) is 0 Å². The van der Waals surface area contributed by atoms with Crippen molar-refractivity contribution in [3.63, 3.8) is 0 Å². The molecule has 0 spiro atoms. The van der Waals surface area contributed by atoms with Crippen LogP contribution in [0.3, 0.4) is 0 Å². The molecule has 2 fully saturated rings. The molecule has 0 bridgehead atoms. The van der Waals surface area contributed by atoms with E-state index in [2.05, 4.69) is 36.9 Å². The highest BCUT2D eigenvalue weighted by Gasteiger charge is 2.23. The van der Waals surface area contributed by atoms with Crippen molar-refractivity contribution in [1.29, 1.82) is 0 Å². The van der Waals surface area contributed by atoms with Crippen LogP contribution in [0.2, 0.25) is 5.02 Å². The topological polar surface area (TPSA) is 71.0 Å². The molecule has 31 heavy (non-hydrogen) atoms. The van der Waals surface area contributed by atoms with Crippen LogP contribution < -0.4 is 10.2 Å². The Bertz CT molecular complexity index is 1240. The van der Waals surface area contributed by atoms with E-state index in [-0.39, 0.29) is 0 Å². The maximum atomic E-state index is 6.11. The predicted molar refractivity (Wildman–Crippen MR) is 124 cm³/mol. The lowest BCUT2D eigenvalue weighted by Crippen LogP contribution is -2.36. The van der Waals surface area contributed by atoms with Crippen LogP contribution in [-0.2, 0) is 11.3 Å². The Kier molecular flexibility index (Phi) is 4.73. The first-order chi connectivity index (χ1) is 15.2. The Balaban J connectivity index is 1.35. The standard InChI is InChI=1S/C23H25ClN6O/c24-15-4-5-18-19(10-15)28-22(27-18)13-25-20-11-17(29-6-8-31-9-7-29)12-21-23(20)26-14-30(21)16-2-1-3-16/h4-5,10-12,14,16,25H,1-3,6-9,13H2,(H,27,28). The fourth-order valence-corrected chi connectivity index (χ4v) is 4.68. The van der Waals surface area contributed by atoms with Crippen LogP contribution in [0.15, 0.2) is 36.7 Å². The van der Waals surface area contributed by atoms with Crippen LogP contribution in [0.1, 0.15) is 31.1 Å². The van der Waals surface area contributed by atoms with Crippen molar-refractivity contribution in [3.05, 3.63) is 47.5 Å². The fraction of sp³-hybridized carbons (Fsp3) is 0.391. The summed E-state index contributed by atoms with van der Waals surface area (Å²) in [6.45, 7) is 3.94. The molecular formula is C23H25ClN6O. The van der Waals surface area contributed by atoms with Gasteiger partial charge in [-0.15, -0.1) is 0 Å². The van der Waals surface area contributed by atoms with Crippen LogP contribution in [-0.4, -0.2) is 45.8 Å². The SMILES string of the molecule is Clc1ccc2nc(CNc3cc(N4CCOCC4)cc4c3ncn4C3CCC3)[nH]c2c1. The lowest BCUT2D eigenvalue weighted by molar-refractivity contribution is 0.122. The molecule has 8 heteroatoms. The van der Waals surface area contributed by atoms with Gasteiger partial charge in [0.1, 0.15) is 11.3 Å². The maximum Gasteiger partial charge on any atom is 0.126 e. The van der Waals surface area contributed by atoms with E-state index >= 15 is 0 Å². The smallest absolute Gasteiger partial charge is 0.126 e. The summed E-state index contributed by atoms with van der Waals surface area (Å²) in [6.07, 6.45) is 5.77. The van der Waals surface area contributed by atoms with Gasteiger partial charge >= 0.3 is 0 Å². The number of aromatic nitrogens is 4. The van der Waals surface area contributed by atoms with E-state index in [1.165, 1.54) is 30.5 Å². The van der Waals surface area contributed by atoms with Gasteiger partial charge in [0.05, 0.1) is 48.3 Å². The molecule has 2 aromatic carbocycles. The molecule has 0 unspecified atom stereocenters. The summed E-state index contributed by atoms with van der Waals surface area (Å²) in [5.74, 6) is 0.876. The van der Waals surface area contributed by atoms with E-state index in [0.29, 0.717) is 17.6 Å². The van der Waals surface area contributed by atoms with E-state index in [4.69, 9.17) is 21.3 Å². The molecule has 160 valence electrons. The number of hydrogen-bond acceptors (Lipinski definition) is 5. The minimum absolute atomic E-state index is 0.568. The van der Waals surface area contributed by atoms with Crippen molar-refractivity contribution in [2.24, 2.45) is 0 Å². The molecule has 1 aliphatic carbocycles. The molecule has 1 saturated carbocycles. The number of ether oxygens (including phenoxy) is 1. The third-order valence-corrected chi connectivity index (χ3v) is 6.68. The minimum Gasteiger partial charge on any atom is -0.378 e. The molecule has 2 aromatic heterocycles. The van der Waals surface area contributed by atoms with Crippen molar-refractivity contribution in [2.45, 2.75) is 31.8 Å². The Morgan fingerprint density at radius 2 is 2.03 bits per heavy atom. The summed E-state index contributed by atoms with van der Waals surface area (Å²) < 4.78 is 7.92. The van der Waals surface area contributed by atoms with Gasteiger partial charge in [0.15, 0.2) is 0 Å². The molecular weight excluding hydrogens is 412 g/mol. The lowest BCUT2D eigenvalue weighted by atomic mass is 9.93. The largest absolute Gasteiger partial charge is 0.378 e. The highest BCUT2D eigenvalue weighted by Crippen LogP contribution is 2.37. The number of fused-ring (bicyclic) bond motifs is 2. The maximum absolute atomic E-state index is 6.11. The van der Waals surface area contributed by atoms with E-state index in [1.807, 2.05) is 24.5 Å². The second kappa shape index (κ2) is 7.73. The third-order valence-electron chi connectivity index (χ3n) is 6.45. The number of nitrogens with zero attached hydrogens (tertiary/aromatic N) is 4. The summed E-state index contributed by atoms with van der Waals surface area (Å²) in [6, 6.07) is 10.8. The number of aromatic amines is 1. The monoisotopic (exact) mass is 436 g/mol. The number of nitrogens with one attached hydrogen (secondary N) is 2. The highest BCUT2D eigenvalue weighted by molar-refractivity contribution is 6.31. The number of anilines is 2. The molecule has 1 aliphatic heterocycles. The van der Waals surface area contributed by atoms with Gasteiger partial charge in [-0.25, -0.2) is 9.97 Å². The molecule has 2 N–H and O–H groups in total. The number of benzene rings is 2. The molecule has 6 rings (SSSR count). The summed E-state index contributed by atoms with van der Waals surface area (Å²) in [5, 5.41) is 4.29. The average Bonchev–Trinajstić information content (AvgIpc) is 3.35. The Labute approximate surface area is 185 Å². The van der Waals surface area contributed by atoms with Crippen molar-refractivity contribution >= 4 is 45.0 Å². The molecule has 0 amide bonds. The number of morpholine rings is 1. The average molecular weight is 437 g/mol. The van der Waals surface area contributed by atoms with Crippen LogP contribution in [0.5, 0.6) is 0 Å². The van der Waals surface area contributed by atoms with Gasteiger partial charge in [-0.3, -0.25) is 0 Å². The number of H-pyrrole nitrogens is 1. The molecule has 2 aliphatic rings. The number of rotatable bonds is 5. The normalized spacial score (nSPS) is 17.4. The molecule has 3 heterocycles. The molecule has 1 saturated heterocycles. The zero-order valence-electron chi connectivity index (χ0n) is 17.3. The Hall–Kier alpha value is -2.77. The van der Waals surface area contributed by atoms with E-state index in [0.717, 1.165) is 54.4 Å². The fourth-order valence-electron chi connectivity index (χ4n) is 4.51. The van der Waals surface area contributed by atoms with Crippen LogP contribution in [0, 0.1) is 0 Å². The van der Waals surface area contributed by atoms with Gasteiger partial charge in [-0.2, -0.15) is 0 Å². The lowest BCUT2D eigenvalue weighted by Gasteiger charge is -2.30. The molecule has 7 nitrogen and oxygen atoms in total. The van der Waals surface area contributed by atoms with Crippen LogP contribution in [0.4, 0.5) is 11.4 Å². The molecule has 0 atom stereocenters. The summed E-state index contributed by atoms with van der Waals surface area (Å²) >= 11 is 6.11. The Morgan fingerprint density at radius 1 is 1.16 bits per heavy atom. The number of hydrogen-bond donors (Lipinski definition) is 2. The zero-order chi connectivity index (χ0) is 20.8. The quantitative estimate of drug-likeness (QED) is 0.473. The summed E-state index contributed by atoms with van der Waals surface area (Å²) in [4.78, 5) is 15.2. The van der Waals surface area contributed by atoms with Gasteiger partial charge in [0, 0.05) is 29.8 Å². The first-order valence-electron chi connectivity index (χ1n) is 11.0. The second-order valence-corrected chi connectivity index (χ2v) is 8.83. The van der Waals surface area contributed by atoms with Crippen molar-refractivity contribution in [1.82, 2.24) is 19.5 Å². The van der Waals surface area contributed by atoms with Gasteiger partial charge in [-0.05, 0) is 49.6 Å². The summed E-state index contributed by atoms with van der Waals surface area (Å²) in [7, 11) is 0. The van der Waals surface area contributed by atoms with Crippen molar-refractivity contribution in [2.75, 3.05) is 36.5 Å². The molecule has 4 aromatic rings.